The molecule has 1 N–H and O–H groups in total. The standard InChI is InChI=1S/C16H25NO3Si/c1-16(2,3)21(5,6)20-10-9-19-15-11-14(17-4)8-7-13(15)12-18/h7-8,11,18H,9-10,12H2,1-3,5-6H3. The van der Waals surface area contributed by atoms with Crippen LogP contribution in [0.4, 0.5) is 5.69 Å². The highest BCUT2D eigenvalue weighted by Gasteiger charge is 2.36. The summed E-state index contributed by atoms with van der Waals surface area (Å²) in [4.78, 5) is 3.37. The topological polar surface area (TPSA) is 43.0 Å². The Morgan fingerprint density at radius 1 is 1.24 bits per heavy atom. The molecule has 4 nitrogen and oxygen atoms in total. The van der Waals surface area contributed by atoms with E-state index in [1.165, 1.54) is 0 Å². The van der Waals surface area contributed by atoms with Gasteiger partial charge in [-0.3, -0.25) is 0 Å². The molecule has 0 aromatic heterocycles. The highest BCUT2D eigenvalue weighted by atomic mass is 28.4. The third-order valence-electron chi connectivity index (χ3n) is 3.96. The minimum absolute atomic E-state index is 0.100. The third kappa shape index (κ3) is 4.85. The zero-order valence-corrected chi connectivity index (χ0v) is 14.6. The number of ether oxygens (including phenoxy) is 1. The van der Waals surface area contributed by atoms with Gasteiger partial charge in [0.25, 0.3) is 0 Å². The van der Waals surface area contributed by atoms with E-state index in [0.29, 0.717) is 30.2 Å². The van der Waals surface area contributed by atoms with Crippen LogP contribution in [0, 0.1) is 6.57 Å². The number of aliphatic hydroxyl groups excluding tert-OH is 1. The Morgan fingerprint density at radius 3 is 2.43 bits per heavy atom. The van der Waals surface area contributed by atoms with Crippen LogP contribution in [0.5, 0.6) is 5.75 Å². The van der Waals surface area contributed by atoms with Crippen molar-refractivity contribution >= 4 is 14.0 Å². The highest BCUT2D eigenvalue weighted by molar-refractivity contribution is 6.74. The zero-order chi connectivity index (χ0) is 16.1. The Kier molecular flexibility index (Phi) is 5.96. The van der Waals surface area contributed by atoms with E-state index in [4.69, 9.17) is 15.7 Å². The van der Waals surface area contributed by atoms with Gasteiger partial charge in [-0.05, 0) is 24.2 Å². The second-order valence-corrected chi connectivity index (χ2v) is 11.3. The van der Waals surface area contributed by atoms with Crippen molar-refractivity contribution in [3.8, 4) is 5.75 Å². The average Bonchev–Trinajstić information content (AvgIpc) is 2.42. The summed E-state index contributed by atoms with van der Waals surface area (Å²) in [5.41, 5.74) is 1.20. The number of rotatable bonds is 6. The number of nitrogens with zero attached hydrogens (tertiary/aromatic N) is 1. The molecule has 0 aliphatic heterocycles. The zero-order valence-electron chi connectivity index (χ0n) is 13.6. The molecule has 0 aliphatic carbocycles. The molecule has 0 aliphatic rings. The summed E-state index contributed by atoms with van der Waals surface area (Å²) in [6, 6.07) is 5.06. The molecule has 1 aromatic carbocycles. The predicted octanol–water partition coefficient (Wildman–Crippen LogP) is 4.13. The van der Waals surface area contributed by atoms with E-state index in [2.05, 4.69) is 38.7 Å². The van der Waals surface area contributed by atoms with Crippen LogP contribution >= 0.6 is 0 Å². The maximum absolute atomic E-state index is 9.29. The molecule has 0 unspecified atom stereocenters. The van der Waals surface area contributed by atoms with E-state index >= 15 is 0 Å². The fourth-order valence-electron chi connectivity index (χ4n) is 1.54. The predicted molar refractivity (Wildman–Crippen MR) is 87.3 cm³/mol. The Morgan fingerprint density at radius 2 is 1.90 bits per heavy atom. The molecule has 0 heterocycles. The maximum atomic E-state index is 9.29. The van der Waals surface area contributed by atoms with E-state index < -0.39 is 8.32 Å². The number of hydrogen-bond donors (Lipinski definition) is 1. The van der Waals surface area contributed by atoms with Gasteiger partial charge in [-0.25, -0.2) is 4.85 Å². The van der Waals surface area contributed by atoms with Gasteiger partial charge in [-0.2, -0.15) is 0 Å². The van der Waals surface area contributed by atoms with Gasteiger partial charge < -0.3 is 14.3 Å². The molecular formula is C16H25NO3Si. The van der Waals surface area contributed by atoms with Gasteiger partial charge in [0.05, 0.1) is 19.8 Å². The van der Waals surface area contributed by atoms with Gasteiger partial charge in [-0.1, -0.05) is 32.9 Å². The largest absolute Gasteiger partial charge is 0.492 e. The van der Waals surface area contributed by atoms with Gasteiger partial charge in [0.2, 0.25) is 0 Å². The van der Waals surface area contributed by atoms with Crippen LogP contribution in [-0.2, 0) is 11.0 Å². The summed E-state index contributed by atoms with van der Waals surface area (Å²) >= 11 is 0. The molecule has 0 saturated heterocycles. The van der Waals surface area contributed by atoms with Crippen molar-refractivity contribution in [3.05, 3.63) is 35.2 Å². The van der Waals surface area contributed by atoms with Crippen molar-refractivity contribution in [2.45, 2.75) is 45.5 Å². The van der Waals surface area contributed by atoms with Gasteiger partial charge in [-0.15, -0.1) is 0 Å². The van der Waals surface area contributed by atoms with Crippen molar-refractivity contribution in [1.29, 1.82) is 0 Å². The molecule has 21 heavy (non-hydrogen) atoms. The van der Waals surface area contributed by atoms with Crippen LogP contribution in [0.1, 0.15) is 26.3 Å². The molecule has 0 saturated carbocycles. The van der Waals surface area contributed by atoms with Crippen molar-refractivity contribution < 1.29 is 14.3 Å². The summed E-state index contributed by atoms with van der Waals surface area (Å²) < 4.78 is 11.7. The SMILES string of the molecule is [C-]#[N+]c1ccc(CO)c(OCCO[Si](C)(C)C(C)(C)C)c1. The van der Waals surface area contributed by atoms with Crippen LogP contribution in [0.25, 0.3) is 4.85 Å². The lowest BCUT2D eigenvalue weighted by Crippen LogP contribution is -2.41. The maximum Gasteiger partial charge on any atom is 0.192 e. The van der Waals surface area contributed by atoms with Crippen LogP contribution in [0.2, 0.25) is 18.1 Å². The minimum atomic E-state index is -1.76. The summed E-state index contributed by atoms with van der Waals surface area (Å²) in [7, 11) is -1.76. The van der Waals surface area contributed by atoms with Crippen molar-refractivity contribution in [2.75, 3.05) is 13.2 Å². The Bertz CT molecular complexity index is 515. The van der Waals surface area contributed by atoms with Gasteiger partial charge in [0.1, 0.15) is 12.4 Å². The Labute approximate surface area is 128 Å². The first-order valence-corrected chi connectivity index (χ1v) is 10.00. The van der Waals surface area contributed by atoms with Crippen molar-refractivity contribution in [3.63, 3.8) is 0 Å². The lowest BCUT2D eigenvalue weighted by atomic mass is 10.2. The van der Waals surface area contributed by atoms with Gasteiger partial charge in [0, 0.05) is 5.56 Å². The monoisotopic (exact) mass is 307 g/mol. The van der Waals surface area contributed by atoms with E-state index in [0.717, 1.165) is 0 Å². The summed E-state index contributed by atoms with van der Waals surface area (Å²) in [5.74, 6) is 0.560. The van der Waals surface area contributed by atoms with E-state index in [-0.39, 0.29) is 11.6 Å². The van der Waals surface area contributed by atoms with Crippen LogP contribution in [-0.4, -0.2) is 26.6 Å². The summed E-state index contributed by atoms with van der Waals surface area (Å²) in [6.07, 6.45) is 0. The fraction of sp³-hybridized carbons (Fsp3) is 0.562. The minimum Gasteiger partial charge on any atom is -0.492 e. The molecule has 1 aromatic rings. The summed E-state index contributed by atoms with van der Waals surface area (Å²) in [5, 5.41) is 9.47. The van der Waals surface area contributed by atoms with E-state index in [1.807, 2.05) is 0 Å². The molecule has 0 atom stereocenters. The fourth-order valence-corrected chi connectivity index (χ4v) is 2.57. The van der Waals surface area contributed by atoms with Gasteiger partial charge >= 0.3 is 0 Å². The first-order chi connectivity index (χ1) is 9.71. The molecule has 1 rings (SSSR count). The van der Waals surface area contributed by atoms with E-state index in [1.54, 1.807) is 18.2 Å². The van der Waals surface area contributed by atoms with Crippen LogP contribution < -0.4 is 4.74 Å². The normalized spacial score (nSPS) is 12.0. The van der Waals surface area contributed by atoms with Gasteiger partial charge in [0.15, 0.2) is 14.0 Å². The molecular weight excluding hydrogens is 282 g/mol. The van der Waals surface area contributed by atoms with Crippen LogP contribution in [0.15, 0.2) is 18.2 Å². The Balaban J connectivity index is 2.59. The molecule has 0 bridgehead atoms. The second-order valence-electron chi connectivity index (χ2n) is 6.52. The third-order valence-corrected chi connectivity index (χ3v) is 8.50. The molecule has 116 valence electrons. The van der Waals surface area contributed by atoms with E-state index in [9.17, 15) is 5.11 Å². The van der Waals surface area contributed by atoms with Crippen molar-refractivity contribution in [1.82, 2.24) is 0 Å². The number of benzene rings is 1. The van der Waals surface area contributed by atoms with Crippen molar-refractivity contribution in [2.24, 2.45) is 0 Å². The first-order valence-electron chi connectivity index (χ1n) is 7.09. The lowest BCUT2D eigenvalue weighted by Gasteiger charge is -2.36. The summed E-state index contributed by atoms with van der Waals surface area (Å²) in [6.45, 7) is 18.8. The Hall–Kier alpha value is -1.35. The quantitative estimate of drug-likeness (QED) is 0.488. The number of aliphatic hydroxyl groups is 1. The highest BCUT2D eigenvalue weighted by Crippen LogP contribution is 2.36. The molecule has 0 fully saturated rings. The first kappa shape index (κ1) is 17.7. The molecule has 5 heteroatoms. The number of hydrogen-bond acceptors (Lipinski definition) is 3. The molecule has 0 amide bonds. The molecule has 0 spiro atoms. The molecule has 0 radical (unpaired) electrons. The average molecular weight is 307 g/mol. The second kappa shape index (κ2) is 7.08. The van der Waals surface area contributed by atoms with Crippen LogP contribution in [0.3, 0.4) is 0 Å². The smallest absolute Gasteiger partial charge is 0.192 e. The lowest BCUT2D eigenvalue weighted by molar-refractivity contribution is 0.198.